The molecule has 5 aromatic carbocycles. The number of ether oxygens (including phenoxy) is 7. The molecule has 3 saturated carbocycles. The lowest BCUT2D eigenvalue weighted by molar-refractivity contribution is -0.276. The Bertz CT molecular complexity index is 2890. The van der Waals surface area contributed by atoms with Crippen molar-refractivity contribution >= 4 is 0 Å². The lowest BCUT2D eigenvalue weighted by Gasteiger charge is -2.41. The van der Waals surface area contributed by atoms with Gasteiger partial charge in [-0.3, -0.25) is 0 Å². The molecule has 5 aliphatic rings. The first-order valence-electron chi connectivity index (χ1n) is 25.4. The van der Waals surface area contributed by atoms with Crippen LogP contribution in [-0.4, -0.2) is 39.1 Å². The second-order valence-corrected chi connectivity index (χ2v) is 20.5. The molecule has 0 radical (unpaired) electrons. The predicted octanol–water partition coefficient (Wildman–Crippen LogP) is 16.3. The van der Waals surface area contributed by atoms with Gasteiger partial charge in [0.1, 0.15) is 63.3 Å². The Morgan fingerprint density at radius 3 is 1.28 bits per heavy atom. The van der Waals surface area contributed by atoms with Crippen molar-refractivity contribution < 1.29 is 103 Å². The Balaban J connectivity index is 0.000000192. The molecule has 428 valence electrons. The molecule has 0 aromatic heterocycles. The van der Waals surface area contributed by atoms with Crippen molar-refractivity contribution in [2.75, 3.05) is 26.4 Å². The standard InChI is InChI=1S/C28H27F9O4.C28H23F7O3/c29-20-8-17(15-4-6-16(7-5-15)26-38-12-18(13-39-26)14-2-1-3-14)9-21(30)24(20)27(33,34)40-19-10-22(31)25(23(32)11-19)41-28(35,36)37;1-14-21(29)10-19(11-22(14)30)38-28(34,35)26-24(32)8-17(9-25(26)33)20-6-5-16(7-23(20)31)27-36-12-18(13-37-27)15-3-2-4-15/h8-11,14-16,18,26H,1-7,12-13H2;5-11,15,18,27H,2-4,12-13H2,1H3. The van der Waals surface area contributed by atoms with Crippen LogP contribution in [-0.2, 0) is 31.2 Å². The van der Waals surface area contributed by atoms with Gasteiger partial charge in [-0.2, -0.15) is 17.6 Å². The van der Waals surface area contributed by atoms with E-state index in [2.05, 4.69) is 14.2 Å². The zero-order chi connectivity index (χ0) is 56.7. The molecule has 7 nitrogen and oxygen atoms in total. The summed E-state index contributed by atoms with van der Waals surface area (Å²) in [6, 6.07) is 7.30. The minimum absolute atomic E-state index is 0.0199. The summed E-state index contributed by atoms with van der Waals surface area (Å²) >= 11 is 0. The molecule has 0 N–H and O–H groups in total. The van der Waals surface area contributed by atoms with E-state index in [4.69, 9.17) is 18.9 Å². The van der Waals surface area contributed by atoms with Crippen LogP contribution in [0, 0.1) is 88.9 Å². The number of hydrogen-bond acceptors (Lipinski definition) is 7. The lowest BCUT2D eigenvalue weighted by Crippen LogP contribution is -2.42. The summed E-state index contributed by atoms with van der Waals surface area (Å²) in [6.45, 7) is 3.34. The molecule has 5 aromatic rings. The SMILES string of the molecule is Cc1c(F)cc(OC(F)(F)c2c(F)cc(-c3ccc(C4OCC(C5CCC5)CO4)cc3F)cc2F)cc1F.Fc1cc(OC(F)(F)c2c(F)cc(C3CCC(C4OCC(C5CCC5)CO4)CC3)cc2F)cc(F)c1OC(F)(F)F. The Hall–Kier alpha value is -5.78. The molecule has 5 fully saturated rings. The van der Waals surface area contributed by atoms with Crippen LogP contribution in [0.2, 0.25) is 0 Å². The van der Waals surface area contributed by atoms with Crippen molar-refractivity contribution in [1.82, 2.24) is 0 Å². The molecule has 23 heteroatoms. The van der Waals surface area contributed by atoms with Gasteiger partial charge in [0.15, 0.2) is 24.2 Å². The average molecular weight is 1140 g/mol. The van der Waals surface area contributed by atoms with Crippen LogP contribution >= 0.6 is 0 Å². The first-order valence-corrected chi connectivity index (χ1v) is 25.4. The maximum Gasteiger partial charge on any atom is 0.573 e. The zero-order valence-electron chi connectivity index (χ0n) is 41.8. The fraction of sp³-hybridized carbons (Fsp3) is 0.464. The molecule has 3 aliphatic carbocycles. The highest BCUT2D eigenvalue weighted by atomic mass is 19.4. The van der Waals surface area contributed by atoms with Crippen molar-refractivity contribution in [2.45, 2.75) is 108 Å². The number of rotatable bonds is 13. The van der Waals surface area contributed by atoms with E-state index in [1.54, 1.807) is 0 Å². The van der Waals surface area contributed by atoms with E-state index < -0.39 is 111 Å². The normalized spacial score (nSPS) is 23.3. The Morgan fingerprint density at radius 1 is 0.418 bits per heavy atom. The summed E-state index contributed by atoms with van der Waals surface area (Å²) in [4.78, 5) is 0. The molecule has 10 rings (SSSR count). The Kier molecular flexibility index (Phi) is 17.1. The maximum atomic E-state index is 15.0. The van der Waals surface area contributed by atoms with Crippen molar-refractivity contribution in [3.63, 3.8) is 0 Å². The maximum absolute atomic E-state index is 15.0. The molecule has 0 unspecified atom stereocenters. The van der Waals surface area contributed by atoms with E-state index in [1.807, 2.05) is 0 Å². The summed E-state index contributed by atoms with van der Waals surface area (Å²) in [5.41, 5.74) is -4.08. The van der Waals surface area contributed by atoms with Gasteiger partial charge in [0.2, 0.25) is 5.75 Å². The van der Waals surface area contributed by atoms with E-state index >= 15 is 0 Å². The van der Waals surface area contributed by atoms with Gasteiger partial charge in [0.25, 0.3) is 0 Å². The summed E-state index contributed by atoms with van der Waals surface area (Å²) in [5.74, 6) is -16.5. The van der Waals surface area contributed by atoms with Crippen LogP contribution in [0.15, 0.2) is 66.7 Å². The smallest absolute Gasteiger partial charge is 0.429 e. The van der Waals surface area contributed by atoms with Crippen molar-refractivity contribution in [3.8, 4) is 28.4 Å². The van der Waals surface area contributed by atoms with Crippen molar-refractivity contribution in [3.05, 3.63) is 147 Å². The topological polar surface area (TPSA) is 64.6 Å². The highest BCUT2D eigenvalue weighted by Crippen LogP contribution is 2.45. The second-order valence-electron chi connectivity index (χ2n) is 20.5. The molecule has 0 spiro atoms. The summed E-state index contributed by atoms with van der Waals surface area (Å²) in [6.07, 6.45) is -6.54. The summed E-state index contributed by atoms with van der Waals surface area (Å²) in [7, 11) is 0. The molecule has 0 bridgehead atoms. The van der Waals surface area contributed by atoms with E-state index in [0.29, 0.717) is 106 Å². The molecule has 2 aliphatic heterocycles. The monoisotopic (exact) mass is 1140 g/mol. The third kappa shape index (κ3) is 13.2. The molecule has 0 amide bonds. The third-order valence-electron chi connectivity index (χ3n) is 15.3. The predicted molar refractivity (Wildman–Crippen MR) is 248 cm³/mol. The van der Waals surface area contributed by atoms with Gasteiger partial charge in [0.05, 0.1) is 26.4 Å². The van der Waals surface area contributed by atoms with Gasteiger partial charge in [-0.15, -0.1) is 13.2 Å². The van der Waals surface area contributed by atoms with E-state index in [1.165, 1.54) is 37.8 Å². The number of halogens is 16. The molecule has 79 heavy (non-hydrogen) atoms. The van der Waals surface area contributed by atoms with Gasteiger partial charge in [-0.1, -0.05) is 50.7 Å². The van der Waals surface area contributed by atoms with E-state index in [9.17, 15) is 70.2 Å². The zero-order valence-corrected chi connectivity index (χ0v) is 41.8. The molecular weight excluding hydrogens is 1090 g/mol. The van der Waals surface area contributed by atoms with Crippen LogP contribution in [0.1, 0.15) is 104 Å². The summed E-state index contributed by atoms with van der Waals surface area (Å²) < 4.78 is 260. The number of benzene rings is 5. The van der Waals surface area contributed by atoms with Crippen LogP contribution < -0.4 is 14.2 Å². The second kappa shape index (κ2) is 23.4. The van der Waals surface area contributed by atoms with E-state index in [0.717, 1.165) is 38.0 Å². The van der Waals surface area contributed by atoms with Gasteiger partial charge in [0, 0.05) is 58.7 Å². The fourth-order valence-electron chi connectivity index (χ4n) is 10.5. The van der Waals surface area contributed by atoms with Crippen molar-refractivity contribution in [1.29, 1.82) is 0 Å². The first kappa shape index (κ1) is 57.9. The van der Waals surface area contributed by atoms with Crippen LogP contribution in [0.3, 0.4) is 0 Å². The molecule has 2 saturated heterocycles. The Labute approximate surface area is 442 Å². The van der Waals surface area contributed by atoms with Crippen LogP contribution in [0.4, 0.5) is 70.2 Å². The van der Waals surface area contributed by atoms with Crippen LogP contribution in [0.25, 0.3) is 11.1 Å². The lowest BCUT2D eigenvalue weighted by atomic mass is 9.75. The molecular formula is C56H50F16O7. The molecule has 0 atom stereocenters. The average Bonchev–Trinajstić information content (AvgIpc) is 3.45. The Morgan fingerprint density at radius 2 is 0.848 bits per heavy atom. The third-order valence-corrected chi connectivity index (χ3v) is 15.3. The summed E-state index contributed by atoms with van der Waals surface area (Å²) in [5, 5.41) is 0. The van der Waals surface area contributed by atoms with Gasteiger partial charge in [-0.25, -0.2) is 39.5 Å². The minimum Gasteiger partial charge on any atom is -0.429 e. The minimum atomic E-state index is -5.46. The van der Waals surface area contributed by atoms with Gasteiger partial charge >= 0.3 is 18.6 Å². The van der Waals surface area contributed by atoms with Gasteiger partial charge < -0.3 is 33.2 Å². The highest BCUT2D eigenvalue weighted by molar-refractivity contribution is 5.65. The highest BCUT2D eigenvalue weighted by Gasteiger charge is 2.45. The quantitative estimate of drug-likeness (QED) is 0.109. The van der Waals surface area contributed by atoms with Crippen LogP contribution in [0.5, 0.6) is 17.2 Å². The van der Waals surface area contributed by atoms with E-state index in [-0.39, 0.29) is 46.9 Å². The first-order chi connectivity index (χ1) is 37.3. The molecule has 2 heterocycles. The van der Waals surface area contributed by atoms with Crippen molar-refractivity contribution in [2.24, 2.45) is 29.6 Å². The van der Waals surface area contributed by atoms with Gasteiger partial charge in [-0.05, 0) is 91.8 Å². The number of alkyl halides is 7. The fourth-order valence-corrected chi connectivity index (χ4v) is 10.5. The number of hydrogen-bond donors (Lipinski definition) is 0. The largest absolute Gasteiger partial charge is 0.573 e.